The zero-order valence-corrected chi connectivity index (χ0v) is 15.0. The number of ether oxygens (including phenoxy) is 2. The van der Waals surface area contributed by atoms with E-state index in [1.54, 1.807) is 18.4 Å². The van der Waals surface area contributed by atoms with Gasteiger partial charge in [0.05, 0.1) is 29.6 Å². The summed E-state index contributed by atoms with van der Waals surface area (Å²) in [6.07, 6.45) is 2.08. The second-order valence-corrected chi connectivity index (χ2v) is 6.18. The third-order valence-electron chi connectivity index (χ3n) is 3.76. The molecule has 0 saturated heterocycles. The van der Waals surface area contributed by atoms with E-state index in [4.69, 9.17) is 14.5 Å². The Bertz CT molecular complexity index is 976. The van der Waals surface area contributed by atoms with Crippen molar-refractivity contribution in [2.24, 2.45) is 0 Å². The molecule has 0 unspecified atom stereocenters. The first-order valence-electron chi connectivity index (χ1n) is 7.47. The van der Waals surface area contributed by atoms with Gasteiger partial charge in [0.25, 0.3) is 0 Å². The van der Waals surface area contributed by atoms with Crippen LogP contribution in [0.25, 0.3) is 26.4 Å². The van der Waals surface area contributed by atoms with Gasteiger partial charge in [-0.2, -0.15) is 0 Å². The zero-order chi connectivity index (χ0) is 15.8. The monoisotopic (exact) mass is 360 g/mol. The lowest BCUT2D eigenvalue weighted by molar-refractivity contribution is 0.341. The van der Waals surface area contributed by atoms with Crippen LogP contribution in [0.5, 0.6) is 11.5 Å². The van der Waals surface area contributed by atoms with Crippen molar-refractivity contribution in [3.8, 4) is 22.8 Å². The van der Waals surface area contributed by atoms with Gasteiger partial charge in [0, 0.05) is 11.8 Å². The van der Waals surface area contributed by atoms with E-state index in [-0.39, 0.29) is 12.4 Å². The maximum absolute atomic E-state index is 5.57. The van der Waals surface area contributed by atoms with Crippen LogP contribution in [-0.4, -0.2) is 23.1 Å². The number of fused-ring (bicyclic) bond motifs is 3. The van der Waals surface area contributed by atoms with Crippen LogP contribution in [0.1, 0.15) is 6.92 Å². The number of imidazole rings is 1. The minimum atomic E-state index is 0. The van der Waals surface area contributed by atoms with E-state index in [1.165, 1.54) is 4.70 Å². The van der Waals surface area contributed by atoms with Crippen molar-refractivity contribution in [3.63, 3.8) is 0 Å². The van der Waals surface area contributed by atoms with Gasteiger partial charge >= 0.3 is 0 Å². The Hall–Kier alpha value is -2.24. The first-order chi connectivity index (χ1) is 11.3. The molecule has 4 aromatic rings. The summed E-state index contributed by atoms with van der Waals surface area (Å²) in [5.41, 5.74) is 3.20. The molecule has 124 valence electrons. The molecule has 4 nitrogen and oxygen atoms in total. The summed E-state index contributed by atoms with van der Waals surface area (Å²) in [5.74, 6) is 1.75. The molecule has 0 aliphatic heterocycles. The highest BCUT2D eigenvalue weighted by Crippen LogP contribution is 2.32. The Kier molecular flexibility index (Phi) is 4.64. The highest BCUT2D eigenvalue weighted by Gasteiger charge is 2.11. The summed E-state index contributed by atoms with van der Waals surface area (Å²) in [6, 6.07) is 14.1. The number of thiazole rings is 1. The van der Waals surface area contributed by atoms with Crippen LogP contribution in [0.4, 0.5) is 0 Å². The summed E-state index contributed by atoms with van der Waals surface area (Å²) < 4.78 is 14.1. The van der Waals surface area contributed by atoms with Gasteiger partial charge in [-0.25, -0.2) is 4.98 Å². The smallest absolute Gasteiger partial charge is 0.195 e. The minimum absolute atomic E-state index is 0. The molecule has 2 aromatic carbocycles. The van der Waals surface area contributed by atoms with Gasteiger partial charge in [-0.15, -0.1) is 12.4 Å². The lowest BCUT2D eigenvalue weighted by Gasteiger charge is -2.02. The largest absolute Gasteiger partial charge is 0.497 e. The van der Waals surface area contributed by atoms with Crippen LogP contribution in [-0.2, 0) is 0 Å². The van der Waals surface area contributed by atoms with Crippen molar-refractivity contribution in [3.05, 3.63) is 48.7 Å². The molecule has 4 rings (SSSR count). The van der Waals surface area contributed by atoms with Crippen LogP contribution in [0, 0.1) is 0 Å². The van der Waals surface area contributed by atoms with Crippen LogP contribution in [0.15, 0.2) is 48.7 Å². The molecule has 0 atom stereocenters. The molecule has 6 heteroatoms. The SMILES string of the molecule is CCOc1ccc2c(c1)sc1nc(-c3ccc(OC)cc3)cn12.Cl. The number of nitrogens with zero attached hydrogens (tertiary/aromatic N) is 2. The van der Waals surface area contributed by atoms with Crippen LogP contribution in [0.2, 0.25) is 0 Å². The standard InChI is InChI=1S/C18H16N2O2S.ClH/c1-3-22-14-8-9-16-17(10-14)23-18-19-15(11-20(16)18)12-4-6-13(21-2)7-5-12;/h4-11H,3H2,1-2H3;1H. The summed E-state index contributed by atoms with van der Waals surface area (Å²) in [5, 5.41) is 0. The molecule has 0 fully saturated rings. The normalized spacial score (nSPS) is 10.8. The number of hydrogen-bond donors (Lipinski definition) is 0. The van der Waals surface area contributed by atoms with Crippen molar-refractivity contribution in [1.82, 2.24) is 9.38 Å². The third-order valence-corrected chi connectivity index (χ3v) is 4.78. The molecule has 0 aliphatic carbocycles. The number of aromatic nitrogens is 2. The maximum atomic E-state index is 5.57. The zero-order valence-electron chi connectivity index (χ0n) is 13.4. The predicted molar refractivity (Wildman–Crippen MR) is 101 cm³/mol. The fourth-order valence-corrected chi connectivity index (χ4v) is 3.67. The average molecular weight is 361 g/mol. The molecular formula is C18H17ClN2O2S. The molecule has 0 saturated carbocycles. The minimum Gasteiger partial charge on any atom is -0.497 e. The highest BCUT2D eigenvalue weighted by atomic mass is 35.5. The molecule has 0 bridgehead atoms. The first-order valence-corrected chi connectivity index (χ1v) is 8.29. The number of halogens is 1. The fourth-order valence-electron chi connectivity index (χ4n) is 2.64. The molecule has 2 aromatic heterocycles. The Morgan fingerprint density at radius 2 is 1.83 bits per heavy atom. The summed E-state index contributed by atoms with van der Waals surface area (Å²) in [4.78, 5) is 5.74. The fraction of sp³-hybridized carbons (Fsp3) is 0.167. The average Bonchev–Trinajstić information content (AvgIpc) is 3.12. The van der Waals surface area contributed by atoms with Crippen LogP contribution in [0.3, 0.4) is 0 Å². The van der Waals surface area contributed by atoms with Crippen LogP contribution >= 0.6 is 23.7 Å². The topological polar surface area (TPSA) is 35.8 Å². The van der Waals surface area contributed by atoms with E-state index < -0.39 is 0 Å². The van der Waals surface area contributed by atoms with Crippen LogP contribution < -0.4 is 9.47 Å². The van der Waals surface area contributed by atoms with Gasteiger partial charge < -0.3 is 9.47 Å². The van der Waals surface area contributed by atoms with Crippen molar-refractivity contribution < 1.29 is 9.47 Å². The van der Waals surface area contributed by atoms with E-state index in [0.29, 0.717) is 6.61 Å². The number of methoxy groups -OCH3 is 1. The Balaban J connectivity index is 0.00000169. The summed E-state index contributed by atoms with van der Waals surface area (Å²) >= 11 is 1.67. The van der Waals surface area contributed by atoms with E-state index >= 15 is 0 Å². The molecule has 0 radical (unpaired) electrons. The van der Waals surface area contributed by atoms with Gasteiger partial charge in [0.2, 0.25) is 0 Å². The van der Waals surface area contributed by atoms with Gasteiger partial charge in [0.1, 0.15) is 11.5 Å². The highest BCUT2D eigenvalue weighted by molar-refractivity contribution is 7.23. The molecular weight excluding hydrogens is 344 g/mol. The quantitative estimate of drug-likeness (QED) is 0.511. The second-order valence-electron chi connectivity index (χ2n) is 5.17. The van der Waals surface area contributed by atoms with E-state index in [9.17, 15) is 0 Å². The Labute approximate surface area is 150 Å². The Morgan fingerprint density at radius 1 is 1.08 bits per heavy atom. The van der Waals surface area contributed by atoms with E-state index in [2.05, 4.69) is 22.7 Å². The van der Waals surface area contributed by atoms with E-state index in [1.807, 2.05) is 37.3 Å². The van der Waals surface area contributed by atoms with Crippen molar-refractivity contribution >= 4 is 38.9 Å². The lowest BCUT2D eigenvalue weighted by atomic mass is 10.2. The lowest BCUT2D eigenvalue weighted by Crippen LogP contribution is -1.90. The van der Waals surface area contributed by atoms with E-state index in [0.717, 1.165) is 33.2 Å². The molecule has 24 heavy (non-hydrogen) atoms. The molecule has 0 amide bonds. The maximum Gasteiger partial charge on any atom is 0.195 e. The van der Waals surface area contributed by atoms with Gasteiger partial charge in [0.15, 0.2) is 4.96 Å². The molecule has 0 N–H and O–H groups in total. The Morgan fingerprint density at radius 3 is 2.54 bits per heavy atom. The van der Waals surface area contributed by atoms with Crippen molar-refractivity contribution in [2.45, 2.75) is 6.92 Å². The van der Waals surface area contributed by atoms with Crippen molar-refractivity contribution in [1.29, 1.82) is 0 Å². The second kappa shape index (κ2) is 6.71. The molecule has 0 aliphatic rings. The third kappa shape index (κ3) is 2.81. The van der Waals surface area contributed by atoms with Crippen molar-refractivity contribution in [2.75, 3.05) is 13.7 Å². The van der Waals surface area contributed by atoms with Gasteiger partial charge in [-0.3, -0.25) is 4.40 Å². The molecule has 2 heterocycles. The summed E-state index contributed by atoms with van der Waals surface area (Å²) in [6.45, 7) is 2.67. The summed E-state index contributed by atoms with van der Waals surface area (Å²) in [7, 11) is 1.67. The first kappa shape index (κ1) is 16.6. The predicted octanol–water partition coefficient (Wildman–Crippen LogP) is 5.05. The van der Waals surface area contributed by atoms with Gasteiger partial charge in [-0.1, -0.05) is 11.3 Å². The number of benzene rings is 2. The van der Waals surface area contributed by atoms with Gasteiger partial charge in [-0.05, 0) is 49.4 Å². The number of hydrogen-bond acceptors (Lipinski definition) is 4. The molecule has 0 spiro atoms. The number of rotatable bonds is 4.